The Kier molecular flexibility index (Phi) is 7.79. The molecule has 0 aliphatic rings. The highest BCUT2D eigenvalue weighted by atomic mass is 32.2. The Bertz CT molecular complexity index is 1000. The van der Waals surface area contributed by atoms with Crippen LogP contribution in [0.3, 0.4) is 0 Å². The highest BCUT2D eigenvalue weighted by Gasteiger charge is 2.21. The van der Waals surface area contributed by atoms with Crippen LogP contribution in [0.2, 0.25) is 0 Å². The van der Waals surface area contributed by atoms with Gasteiger partial charge in [0.15, 0.2) is 6.10 Å². The number of hydrogen-bond donors (Lipinski definition) is 2. The number of sulfonamides is 1. The minimum absolute atomic E-state index is 0.0248. The normalized spacial score (nSPS) is 12.0. The van der Waals surface area contributed by atoms with Gasteiger partial charge in [0.2, 0.25) is 10.0 Å². The largest absolute Gasteiger partial charge is 0.497 e. The number of benzene rings is 2. The van der Waals surface area contributed by atoms with Gasteiger partial charge in [0.25, 0.3) is 5.91 Å². The lowest BCUT2D eigenvalue weighted by Gasteiger charge is -2.16. The molecular formula is C20H24N2O7S. The number of nitrogens with one attached hydrogen (secondary N) is 2. The summed E-state index contributed by atoms with van der Waals surface area (Å²) in [5.74, 6) is -0.614. The lowest BCUT2D eigenvalue weighted by atomic mass is 10.2. The molecule has 0 aromatic heterocycles. The van der Waals surface area contributed by atoms with Gasteiger partial charge in [-0.2, -0.15) is 4.72 Å². The van der Waals surface area contributed by atoms with E-state index in [1.165, 1.54) is 33.3 Å². The molecule has 2 rings (SSSR count). The van der Waals surface area contributed by atoms with Crippen LogP contribution in [0.5, 0.6) is 11.5 Å². The first-order valence-corrected chi connectivity index (χ1v) is 10.4. The van der Waals surface area contributed by atoms with Crippen molar-refractivity contribution in [1.82, 2.24) is 4.72 Å². The molecule has 10 heteroatoms. The van der Waals surface area contributed by atoms with Crippen LogP contribution >= 0.6 is 0 Å². The molecule has 2 N–H and O–H groups in total. The van der Waals surface area contributed by atoms with Gasteiger partial charge in [-0.3, -0.25) is 9.59 Å². The molecular weight excluding hydrogens is 412 g/mol. The molecule has 0 heterocycles. The van der Waals surface area contributed by atoms with Gasteiger partial charge in [-0.15, -0.1) is 0 Å². The van der Waals surface area contributed by atoms with Gasteiger partial charge in [0, 0.05) is 6.07 Å². The molecule has 0 saturated heterocycles. The maximum absolute atomic E-state index is 12.3. The average Bonchev–Trinajstić information content (AvgIpc) is 2.72. The number of anilines is 1. The zero-order valence-electron chi connectivity index (χ0n) is 17.1. The SMILES string of the molecule is COc1ccc(OC)c(NC(=O)C(C)OC(=O)CNS(=O)(=O)c2ccc(C)cc2)c1. The summed E-state index contributed by atoms with van der Waals surface area (Å²) in [6, 6.07) is 11.0. The maximum atomic E-state index is 12.3. The molecule has 1 unspecified atom stereocenters. The van der Waals surface area contributed by atoms with E-state index in [1.54, 1.807) is 30.3 Å². The summed E-state index contributed by atoms with van der Waals surface area (Å²) in [4.78, 5) is 24.4. The standard InChI is InChI=1S/C20H24N2O7S/c1-13-5-8-16(9-6-13)30(25,26)21-12-19(23)29-14(2)20(24)22-17-11-15(27-3)7-10-18(17)28-4/h5-11,14,21H,12H2,1-4H3,(H,22,24). The molecule has 1 atom stereocenters. The van der Waals surface area contributed by atoms with Crippen LogP contribution in [0.4, 0.5) is 5.69 Å². The van der Waals surface area contributed by atoms with Crippen molar-refractivity contribution in [2.45, 2.75) is 24.8 Å². The van der Waals surface area contributed by atoms with Crippen LogP contribution in [0, 0.1) is 6.92 Å². The molecule has 0 radical (unpaired) electrons. The quantitative estimate of drug-likeness (QED) is 0.576. The van der Waals surface area contributed by atoms with Crippen molar-refractivity contribution in [2.24, 2.45) is 0 Å². The Balaban J connectivity index is 1.94. The molecule has 2 aromatic rings. The van der Waals surface area contributed by atoms with E-state index in [-0.39, 0.29) is 4.90 Å². The maximum Gasteiger partial charge on any atom is 0.321 e. The van der Waals surface area contributed by atoms with E-state index in [0.29, 0.717) is 17.2 Å². The summed E-state index contributed by atoms with van der Waals surface area (Å²) < 4.78 is 41.9. The number of amides is 1. The number of rotatable bonds is 9. The molecule has 162 valence electrons. The third-order valence-corrected chi connectivity index (χ3v) is 5.50. The van der Waals surface area contributed by atoms with Gasteiger partial charge in [0.05, 0.1) is 24.8 Å². The molecule has 0 spiro atoms. The van der Waals surface area contributed by atoms with Gasteiger partial charge in [-0.05, 0) is 38.1 Å². The van der Waals surface area contributed by atoms with E-state index < -0.39 is 34.5 Å². The molecule has 0 fully saturated rings. The Morgan fingerprint density at radius 1 is 1.03 bits per heavy atom. The Morgan fingerprint density at radius 3 is 2.30 bits per heavy atom. The van der Waals surface area contributed by atoms with Crippen LogP contribution in [0.1, 0.15) is 12.5 Å². The van der Waals surface area contributed by atoms with Crippen LogP contribution < -0.4 is 19.5 Å². The van der Waals surface area contributed by atoms with E-state index in [2.05, 4.69) is 10.0 Å². The smallest absolute Gasteiger partial charge is 0.321 e. The second-order valence-corrected chi connectivity index (χ2v) is 8.09. The fourth-order valence-electron chi connectivity index (χ4n) is 2.39. The Morgan fingerprint density at radius 2 is 1.70 bits per heavy atom. The first-order valence-electron chi connectivity index (χ1n) is 8.95. The molecule has 0 saturated carbocycles. The summed E-state index contributed by atoms with van der Waals surface area (Å²) in [7, 11) is -0.948. The third-order valence-electron chi connectivity index (χ3n) is 4.08. The number of carbonyl (C=O) groups is 2. The summed E-state index contributed by atoms with van der Waals surface area (Å²) >= 11 is 0. The van der Waals surface area contributed by atoms with Crippen LogP contribution in [-0.4, -0.2) is 47.2 Å². The fourth-order valence-corrected chi connectivity index (χ4v) is 3.36. The Labute approximate surface area is 175 Å². The van der Waals surface area contributed by atoms with Crippen molar-refractivity contribution < 1.29 is 32.2 Å². The summed E-state index contributed by atoms with van der Waals surface area (Å²) in [6.07, 6.45) is -1.17. The molecule has 0 aliphatic carbocycles. The summed E-state index contributed by atoms with van der Waals surface area (Å²) in [5.41, 5.74) is 1.24. The summed E-state index contributed by atoms with van der Waals surface area (Å²) in [6.45, 7) is 2.58. The van der Waals surface area contributed by atoms with E-state index in [1.807, 2.05) is 6.92 Å². The molecule has 0 aliphatic heterocycles. The zero-order valence-corrected chi connectivity index (χ0v) is 17.9. The van der Waals surface area contributed by atoms with E-state index in [9.17, 15) is 18.0 Å². The first-order chi connectivity index (χ1) is 14.2. The number of ether oxygens (including phenoxy) is 3. The summed E-state index contributed by atoms with van der Waals surface area (Å²) in [5, 5.41) is 2.58. The second-order valence-electron chi connectivity index (χ2n) is 6.33. The lowest BCUT2D eigenvalue weighted by molar-refractivity contribution is -0.151. The van der Waals surface area contributed by atoms with Gasteiger partial charge >= 0.3 is 5.97 Å². The van der Waals surface area contributed by atoms with Crippen LogP contribution in [0.15, 0.2) is 47.4 Å². The van der Waals surface area contributed by atoms with Crippen molar-refractivity contribution in [3.63, 3.8) is 0 Å². The van der Waals surface area contributed by atoms with Crippen molar-refractivity contribution in [3.8, 4) is 11.5 Å². The number of hydrogen-bond acceptors (Lipinski definition) is 7. The lowest BCUT2D eigenvalue weighted by Crippen LogP contribution is -2.35. The first kappa shape index (κ1) is 23.2. The number of carbonyl (C=O) groups excluding carboxylic acids is 2. The highest BCUT2D eigenvalue weighted by Crippen LogP contribution is 2.29. The fraction of sp³-hybridized carbons (Fsp3) is 0.300. The van der Waals surface area contributed by atoms with Crippen LogP contribution in [0.25, 0.3) is 0 Å². The molecule has 30 heavy (non-hydrogen) atoms. The molecule has 1 amide bonds. The van der Waals surface area contributed by atoms with Gasteiger partial charge in [-0.25, -0.2) is 8.42 Å². The molecule has 2 aromatic carbocycles. The highest BCUT2D eigenvalue weighted by molar-refractivity contribution is 7.89. The van der Waals surface area contributed by atoms with Crippen molar-refractivity contribution in [2.75, 3.05) is 26.1 Å². The second kappa shape index (κ2) is 10.1. The van der Waals surface area contributed by atoms with Crippen molar-refractivity contribution in [1.29, 1.82) is 0 Å². The minimum Gasteiger partial charge on any atom is -0.497 e. The average molecular weight is 436 g/mol. The van der Waals surface area contributed by atoms with E-state index in [0.717, 1.165) is 5.56 Å². The van der Waals surface area contributed by atoms with Gasteiger partial charge < -0.3 is 19.5 Å². The van der Waals surface area contributed by atoms with Crippen molar-refractivity contribution >= 4 is 27.6 Å². The molecule has 0 bridgehead atoms. The van der Waals surface area contributed by atoms with E-state index >= 15 is 0 Å². The number of esters is 1. The monoisotopic (exact) mass is 436 g/mol. The Hall–Kier alpha value is -3.11. The third kappa shape index (κ3) is 6.19. The van der Waals surface area contributed by atoms with Gasteiger partial charge in [-0.1, -0.05) is 17.7 Å². The predicted octanol–water partition coefficient (Wildman–Crippen LogP) is 1.86. The van der Waals surface area contributed by atoms with Gasteiger partial charge in [0.1, 0.15) is 18.0 Å². The zero-order chi connectivity index (χ0) is 22.3. The number of aryl methyl sites for hydroxylation is 1. The van der Waals surface area contributed by atoms with Crippen LogP contribution in [-0.2, 0) is 24.3 Å². The number of methoxy groups -OCH3 is 2. The topological polar surface area (TPSA) is 120 Å². The van der Waals surface area contributed by atoms with E-state index in [4.69, 9.17) is 14.2 Å². The van der Waals surface area contributed by atoms with Crippen molar-refractivity contribution in [3.05, 3.63) is 48.0 Å². The minimum atomic E-state index is -3.88. The predicted molar refractivity (Wildman–Crippen MR) is 110 cm³/mol. The molecule has 9 nitrogen and oxygen atoms in total.